The highest BCUT2D eigenvalue weighted by Crippen LogP contribution is 2.31. The van der Waals surface area contributed by atoms with Crippen molar-refractivity contribution in [1.82, 2.24) is 15.1 Å². The van der Waals surface area contributed by atoms with Crippen LogP contribution in [0.5, 0.6) is 5.75 Å². The Morgan fingerprint density at radius 1 is 1.37 bits per heavy atom. The number of alkyl halides is 3. The first-order valence-corrected chi connectivity index (χ1v) is 8.48. The second-order valence-electron chi connectivity index (χ2n) is 6.39. The van der Waals surface area contributed by atoms with Crippen LogP contribution < -0.4 is 4.74 Å². The summed E-state index contributed by atoms with van der Waals surface area (Å²) in [5.41, 5.74) is 0.714. The average Bonchev–Trinajstić information content (AvgIpc) is 3.29. The van der Waals surface area contributed by atoms with Gasteiger partial charge in [0, 0.05) is 26.1 Å². The van der Waals surface area contributed by atoms with Crippen LogP contribution in [-0.2, 0) is 22.3 Å². The molecule has 0 aliphatic carbocycles. The highest BCUT2D eigenvalue weighted by molar-refractivity contribution is 5.77. The summed E-state index contributed by atoms with van der Waals surface area (Å²) in [6, 6.07) is 6.57. The van der Waals surface area contributed by atoms with Crippen LogP contribution in [0.15, 0.2) is 30.3 Å². The molecule has 1 saturated heterocycles. The quantitative estimate of drug-likeness (QED) is 0.833. The molecule has 3 rings (SSSR count). The zero-order valence-electron chi connectivity index (χ0n) is 14.8. The molecule has 1 aliphatic rings. The summed E-state index contributed by atoms with van der Waals surface area (Å²) >= 11 is 0. The van der Waals surface area contributed by atoms with Gasteiger partial charge in [-0.05, 0) is 30.7 Å². The van der Waals surface area contributed by atoms with Gasteiger partial charge in [0.25, 0.3) is 0 Å². The summed E-state index contributed by atoms with van der Waals surface area (Å²) in [6.07, 6.45) is -3.61. The molecular formula is C18H20F3N3O3. The maximum absolute atomic E-state index is 12.7. The van der Waals surface area contributed by atoms with E-state index in [9.17, 15) is 18.0 Å². The predicted molar refractivity (Wildman–Crippen MR) is 90.2 cm³/mol. The molecule has 146 valence electrons. The van der Waals surface area contributed by atoms with Gasteiger partial charge in [-0.1, -0.05) is 6.07 Å². The minimum atomic E-state index is -4.41. The zero-order valence-corrected chi connectivity index (χ0v) is 14.8. The van der Waals surface area contributed by atoms with E-state index in [2.05, 4.69) is 10.2 Å². The zero-order chi connectivity index (χ0) is 19.4. The number of hydrogen-bond acceptors (Lipinski definition) is 4. The summed E-state index contributed by atoms with van der Waals surface area (Å²) in [4.78, 5) is 13.6. The van der Waals surface area contributed by atoms with E-state index in [1.807, 2.05) is 6.07 Å². The number of carbonyl (C=O) groups excluding carboxylic acids is 1. The second kappa shape index (κ2) is 7.99. The number of ether oxygens (including phenoxy) is 2. The van der Waals surface area contributed by atoms with Gasteiger partial charge in [-0.15, -0.1) is 0 Å². The van der Waals surface area contributed by atoms with Gasteiger partial charge in [-0.25, -0.2) is 0 Å². The molecule has 1 N–H and O–H groups in total. The Bertz CT molecular complexity index is 791. The summed E-state index contributed by atoms with van der Waals surface area (Å²) in [7, 11) is 1.48. The maximum atomic E-state index is 12.7. The predicted octanol–water partition coefficient (Wildman–Crippen LogP) is 2.97. The van der Waals surface area contributed by atoms with Crippen molar-refractivity contribution in [2.75, 3.05) is 26.8 Å². The molecule has 0 radical (unpaired) electrons. The van der Waals surface area contributed by atoms with Gasteiger partial charge in [-0.2, -0.15) is 18.3 Å². The van der Waals surface area contributed by atoms with E-state index in [0.717, 1.165) is 24.2 Å². The number of amides is 1. The monoisotopic (exact) mass is 383 g/mol. The molecule has 0 bridgehead atoms. The van der Waals surface area contributed by atoms with E-state index < -0.39 is 11.7 Å². The third-order valence-electron chi connectivity index (χ3n) is 4.43. The van der Waals surface area contributed by atoms with Gasteiger partial charge in [0.05, 0.1) is 17.0 Å². The van der Waals surface area contributed by atoms with Crippen molar-refractivity contribution in [3.8, 4) is 5.75 Å². The van der Waals surface area contributed by atoms with Crippen molar-refractivity contribution in [2.24, 2.45) is 0 Å². The maximum Gasteiger partial charge on any atom is 0.416 e. The number of nitrogens with zero attached hydrogens (tertiary/aromatic N) is 2. The Labute approximate surface area is 154 Å². The molecule has 2 aromatic rings. The van der Waals surface area contributed by atoms with Gasteiger partial charge < -0.3 is 14.4 Å². The van der Waals surface area contributed by atoms with Gasteiger partial charge in [0.2, 0.25) is 5.91 Å². The molecule has 0 spiro atoms. The highest BCUT2D eigenvalue weighted by Gasteiger charge is 2.31. The molecule has 9 heteroatoms. The Balaban J connectivity index is 1.57. The summed E-state index contributed by atoms with van der Waals surface area (Å²) < 4.78 is 48.5. The minimum absolute atomic E-state index is 0.0522. The molecule has 1 aliphatic heterocycles. The number of methoxy groups -OCH3 is 1. The SMILES string of the molecule is COCC(=O)N1CCC(c2cc(COc3cccc(C(F)(F)F)c3)[nH]n2)C1. The van der Waals surface area contributed by atoms with Crippen molar-refractivity contribution in [2.45, 2.75) is 25.1 Å². The van der Waals surface area contributed by atoms with Crippen LogP contribution in [0.1, 0.15) is 29.3 Å². The number of aromatic nitrogens is 2. The summed E-state index contributed by atoms with van der Waals surface area (Å²) in [5, 5.41) is 7.09. The normalized spacial score (nSPS) is 17.3. The van der Waals surface area contributed by atoms with Gasteiger partial charge >= 0.3 is 6.18 Å². The topological polar surface area (TPSA) is 67.4 Å². The van der Waals surface area contributed by atoms with Gasteiger partial charge in [0.15, 0.2) is 0 Å². The van der Waals surface area contributed by atoms with Crippen molar-refractivity contribution < 1.29 is 27.4 Å². The van der Waals surface area contributed by atoms with Crippen LogP contribution in [0.4, 0.5) is 13.2 Å². The lowest BCUT2D eigenvalue weighted by atomic mass is 10.1. The highest BCUT2D eigenvalue weighted by atomic mass is 19.4. The molecule has 2 heterocycles. The molecule has 0 saturated carbocycles. The Kier molecular flexibility index (Phi) is 5.69. The van der Waals surface area contributed by atoms with E-state index in [1.165, 1.54) is 19.2 Å². The first kappa shape index (κ1) is 19.2. The number of nitrogens with one attached hydrogen (secondary N) is 1. The Morgan fingerprint density at radius 2 is 2.19 bits per heavy atom. The molecule has 1 aromatic carbocycles. The molecule has 1 unspecified atom stereocenters. The van der Waals surface area contributed by atoms with Crippen molar-refractivity contribution >= 4 is 5.91 Å². The number of aromatic amines is 1. The van der Waals surface area contributed by atoms with E-state index >= 15 is 0 Å². The lowest BCUT2D eigenvalue weighted by molar-refractivity contribution is -0.137. The third-order valence-corrected chi connectivity index (χ3v) is 4.43. The average molecular weight is 383 g/mol. The van der Waals surface area contributed by atoms with Crippen LogP contribution in [0.2, 0.25) is 0 Å². The number of halogens is 3. The van der Waals surface area contributed by atoms with Crippen LogP contribution in [0.3, 0.4) is 0 Å². The lowest BCUT2D eigenvalue weighted by Gasteiger charge is -2.15. The number of hydrogen-bond donors (Lipinski definition) is 1. The van der Waals surface area contributed by atoms with E-state index in [1.54, 1.807) is 4.90 Å². The first-order chi connectivity index (χ1) is 12.9. The number of likely N-dealkylation sites (tertiary alicyclic amines) is 1. The van der Waals surface area contributed by atoms with Crippen molar-refractivity contribution in [3.63, 3.8) is 0 Å². The molecule has 27 heavy (non-hydrogen) atoms. The van der Waals surface area contributed by atoms with Crippen LogP contribution in [-0.4, -0.2) is 47.8 Å². The van der Waals surface area contributed by atoms with Gasteiger partial charge in [-0.3, -0.25) is 9.89 Å². The second-order valence-corrected chi connectivity index (χ2v) is 6.39. The molecule has 6 nitrogen and oxygen atoms in total. The van der Waals surface area contributed by atoms with E-state index in [-0.39, 0.29) is 30.8 Å². The van der Waals surface area contributed by atoms with Gasteiger partial charge in [0.1, 0.15) is 19.0 Å². The lowest BCUT2D eigenvalue weighted by Crippen LogP contribution is -2.31. The molecular weight excluding hydrogens is 363 g/mol. The van der Waals surface area contributed by atoms with Crippen molar-refractivity contribution in [3.05, 3.63) is 47.3 Å². The fourth-order valence-electron chi connectivity index (χ4n) is 3.03. The molecule has 1 atom stereocenters. The summed E-state index contributed by atoms with van der Waals surface area (Å²) in [5.74, 6) is 0.200. The standard InChI is InChI=1S/C18H20F3N3O3/c1-26-11-17(25)24-6-5-12(9-24)16-8-14(22-23-16)10-27-15-4-2-3-13(7-15)18(19,20)21/h2-4,7-8,12H,5-6,9-11H2,1H3,(H,22,23). The molecule has 1 fully saturated rings. The van der Waals surface area contributed by atoms with Crippen LogP contribution >= 0.6 is 0 Å². The molecule has 1 amide bonds. The largest absolute Gasteiger partial charge is 0.487 e. The Hall–Kier alpha value is -2.55. The van der Waals surface area contributed by atoms with Crippen LogP contribution in [0.25, 0.3) is 0 Å². The van der Waals surface area contributed by atoms with Crippen molar-refractivity contribution in [1.29, 1.82) is 0 Å². The number of rotatable bonds is 6. The van der Waals surface area contributed by atoms with E-state index in [0.29, 0.717) is 18.8 Å². The summed E-state index contributed by atoms with van der Waals surface area (Å²) in [6.45, 7) is 1.35. The fraction of sp³-hybridized carbons (Fsp3) is 0.444. The van der Waals surface area contributed by atoms with Crippen LogP contribution in [0, 0.1) is 0 Å². The Morgan fingerprint density at radius 3 is 2.93 bits per heavy atom. The van der Waals surface area contributed by atoms with E-state index in [4.69, 9.17) is 9.47 Å². The number of benzene rings is 1. The fourth-order valence-corrected chi connectivity index (χ4v) is 3.03. The third kappa shape index (κ3) is 4.79. The molecule has 1 aromatic heterocycles. The minimum Gasteiger partial charge on any atom is -0.487 e. The number of H-pyrrole nitrogens is 1. The smallest absolute Gasteiger partial charge is 0.416 e. The first-order valence-electron chi connectivity index (χ1n) is 8.48. The number of carbonyl (C=O) groups is 1.